The zero-order valence-corrected chi connectivity index (χ0v) is 18.4. The number of carbonyl (C=O) groups excluding carboxylic acids is 1. The summed E-state index contributed by atoms with van der Waals surface area (Å²) in [5.41, 5.74) is 8.85. The number of nitrogens with zero attached hydrogens (tertiary/aromatic N) is 6. The van der Waals surface area contributed by atoms with Crippen LogP contribution in [-0.4, -0.2) is 48.5 Å². The number of fused-ring (bicyclic) bond motifs is 2. The van der Waals surface area contributed by atoms with E-state index in [0.29, 0.717) is 6.61 Å². The van der Waals surface area contributed by atoms with Gasteiger partial charge in [0.05, 0.1) is 23.1 Å². The molecule has 0 saturated carbocycles. The molecule has 0 aliphatic carbocycles. The van der Waals surface area contributed by atoms with Crippen LogP contribution in [0.1, 0.15) is 38.3 Å². The van der Waals surface area contributed by atoms with Gasteiger partial charge in [0, 0.05) is 42.9 Å². The van der Waals surface area contributed by atoms with Crippen molar-refractivity contribution in [2.45, 2.75) is 32.9 Å². The van der Waals surface area contributed by atoms with Crippen LogP contribution in [0.2, 0.25) is 0 Å². The summed E-state index contributed by atoms with van der Waals surface area (Å²) < 4.78 is 8.99. The molecule has 8 nitrogen and oxygen atoms in total. The summed E-state index contributed by atoms with van der Waals surface area (Å²) in [6.07, 6.45) is 7.14. The lowest BCUT2D eigenvalue weighted by molar-refractivity contribution is 0.0535. The first-order chi connectivity index (χ1) is 16.2. The fourth-order valence-electron chi connectivity index (χ4n) is 4.84. The Labute approximate surface area is 191 Å². The highest BCUT2D eigenvalue weighted by atomic mass is 16.5. The van der Waals surface area contributed by atoms with Gasteiger partial charge in [-0.15, -0.1) is 0 Å². The predicted octanol–water partition coefficient (Wildman–Crippen LogP) is 3.03. The van der Waals surface area contributed by atoms with Gasteiger partial charge >= 0.3 is 5.97 Å². The summed E-state index contributed by atoms with van der Waals surface area (Å²) >= 11 is 0. The van der Waals surface area contributed by atoms with E-state index in [1.807, 2.05) is 24.4 Å². The van der Waals surface area contributed by atoms with Crippen molar-refractivity contribution in [3.8, 4) is 11.4 Å². The van der Waals surface area contributed by atoms with E-state index < -0.39 is 0 Å². The molecule has 6 rings (SSSR count). The van der Waals surface area contributed by atoms with Crippen LogP contribution in [0.3, 0.4) is 0 Å². The Bertz CT molecular complexity index is 1320. The Morgan fingerprint density at radius 2 is 1.91 bits per heavy atom. The van der Waals surface area contributed by atoms with E-state index in [2.05, 4.69) is 49.9 Å². The zero-order chi connectivity index (χ0) is 22.4. The molecule has 0 saturated heterocycles. The molecule has 0 N–H and O–H groups in total. The van der Waals surface area contributed by atoms with Crippen LogP contribution < -0.4 is 0 Å². The van der Waals surface area contributed by atoms with Gasteiger partial charge in [-0.1, -0.05) is 6.07 Å². The molecule has 8 heteroatoms. The van der Waals surface area contributed by atoms with Gasteiger partial charge in [-0.3, -0.25) is 4.90 Å². The van der Waals surface area contributed by atoms with Crippen molar-refractivity contribution >= 4 is 5.97 Å². The van der Waals surface area contributed by atoms with Crippen molar-refractivity contribution in [2.24, 2.45) is 0 Å². The van der Waals surface area contributed by atoms with Crippen LogP contribution in [0, 0.1) is 6.92 Å². The van der Waals surface area contributed by atoms with E-state index >= 15 is 0 Å². The van der Waals surface area contributed by atoms with Gasteiger partial charge in [0.15, 0.2) is 0 Å². The molecule has 0 fully saturated rings. The number of rotatable bonds is 5. The van der Waals surface area contributed by atoms with Crippen LogP contribution in [-0.2, 0) is 30.7 Å². The third-order valence-corrected chi connectivity index (χ3v) is 6.77. The summed E-state index contributed by atoms with van der Waals surface area (Å²) in [5.74, 6) is -0.201. The largest absolute Gasteiger partial charge is 0.457 e. The second-order valence-corrected chi connectivity index (χ2v) is 8.61. The van der Waals surface area contributed by atoms with Crippen LogP contribution in [0.4, 0.5) is 0 Å². The summed E-state index contributed by atoms with van der Waals surface area (Å²) in [5, 5.41) is 8.86. The monoisotopic (exact) mass is 440 g/mol. The van der Waals surface area contributed by atoms with Gasteiger partial charge in [0.1, 0.15) is 19.3 Å². The molecule has 33 heavy (non-hydrogen) atoms. The third-order valence-electron chi connectivity index (χ3n) is 6.77. The van der Waals surface area contributed by atoms with Crippen molar-refractivity contribution in [1.82, 2.24) is 29.4 Å². The summed E-state index contributed by atoms with van der Waals surface area (Å²) in [7, 11) is 0. The number of benzene rings is 2. The first-order valence-corrected chi connectivity index (χ1v) is 11.2. The number of carbonyl (C=O) groups is 1. The fraction of sp³-hybridized carbons (Fsp3) is 0.280. The third kappa shape index (κ3) is 3.52. The normalized spacial score (nSPS) is 15.4. The Morgan fingerprint density at radius 1 is 1.06 bits per heavy atom. The lowest BCUT2D eigenvalue weighted by Gasteiger charge is -2.27. The van der Waals surface area contributed by atoms with Crippen LogP contribution in [0.25, 0.3) is 11.4 Å². The van der Waals surface area contributed by atoms with Crippen molar-refractivity contribution in [3.63, 3.8) is 0 Å². The molecule has 2 aromatic heterocycles. The van der Waals surface area contributed by atoms with E-state index in [1.165, 1.54) is 28.7 Å². The van der Waals surface area contributed by atoms with Gasteiger partial charge in [-0.05, 0) is 54.8 Å². The van der Waals surface area contributed by atoms with Crippen molar-refractivity contribution in [1.29, 1.82) is 0 Å². The van der Waals surface area contributed by atoms with E-state index in [-0.39, 0.29) is 5.97 Å². The lowest BCUT2D eigenvalue weighted by atomic mass is 9.96. The van der Waals surface area contributed by atoms with Gasteiger partial charge < -0.3 is 4.74 Å². The molecule has 0 amide bonds. The molecule has 4 heterocycles. The quantitative estimate of drug-likeness (QED) is 0.444. The Hall–Kier alpha value is -3.78. The summed E-state index contributed by atoms with van der Waals surface area (Å²) in [4.78, 5) is 18.3. The summed E-state index contributed by atoms with van der Waals surface area (Å²) in [6, 6.07) is 12.2. The van der Waals surface area contributed by atoms with Crippen molar-refractivity contribution in [2.75, 3.05) is 13.1 Å². The average Bonchev–Trinajstić information content (AvgIpc) is 3.59. The Balaban J connectivity index is 1.14. The van der Waals surface area contributed by atoms with Gasteiger partial charge in [-0.25, -0.2) is 19.1 Å². The standard InChI is InChI=1S/C25H24N6O2/c1-17-18(2-7-22-23(17)14-33-25(22)32)8-10-29-11-9-24-19(13-29)12-27-31(24)21-5-3-20(4-6-21)30-16-26-15-28-30/h2-7,12,15-16H,8-11,13-14H2,1H3. The first-order valence-electron chi connectivity index (χ1n) is 11.2. The maximum Gasteiger partial charge on any atom is 0.338 e. The minimum Gasteiger partial charge on any atom is -0.457 e. The molecule has 2 aromatic carbocycles. The molecule has 0 bridgehead atoms. The van der Waals surface area contributed by atoms with E-state index in [4.69, 9.17) is 4.74 Å². The number of esters is 1. The molecule has 4 aromatic rings. The maximum absolute atomic E-state index is 11.8. The molecule has 0 atom stereocenters. The number of ether oxygens (including phenoxy) is 1. The molecule has 2 aliphatic heterocycles. The smallest absolute Gasteiger partial charge is 0.338 e. The SMILES string of the molecule is Cc1c(CCN2CCc3c(cnn3-c3ccc(-n4cncn4)cc3)C2)ccc2c1COC2=O. The molecule has 0 spiro atoms. The van der Waals surface area contributed by atoms with E-state index in [9.17, 15) is 4.79 Å². The van der Waals surface area contributed by atoms with Crippen LogP contribution >= 0.6 is 0 Å². The topological polar surface area (TPSA) is 78.1 Å². The Kier molecular flexibility index (Phi) is 4.80. The van der Waals surface area contributed by atoms with Gasteiger partial charge in [0.25, 0.3) is 0 Å². The minimum absolute atomic E-state index is 0.201. The number of hydrogen-bond acceptors (Lipinski definition) is 6. The highest BCUT2D eigenvalue weighted by Gasteiger charge is 2.25. The molecule has 0 unspecified atom stereocenters. The second-order valence-electron chi connectivity index (χ2n) is 8.61. The number of aromatic nitrogens is 5. The second kappa shape index (κ2) is 7.97. The summed E-state index contributed by atoms with van der Waals surface area (Å²) in [6.45, 7) is 5.38. The minimum atomic E-state index is -0.201. The molecular formula is C25H24N6O2. The van der Waals surface area contributed by atoms with Crippen LogP contribution in [0.15, 0.2) is 55.2 Å². The van der Waals surface area contributed by atoms with E-state index in [1.54, 1.807) is 11.0 Å². The molecule has 2 aliphatic rings. The molecular weight excluding hydrogens is 416 g/mol. The van der Waals surface area contributed by atoms with Crippen molar-refractivity contribution in [3.05, 3.63) is 88.8 Å². The number of cyclic esters (lactones) is 1. The van der Waals surface area contributed by atoms with E-state index in [0.717, 1.165) is 55.0 Å². The predicted molar refractivity (Wildman–Crippen MR) is 121 cm³/mol. The lowest BCUT2D eigenvalue weighted by Crippen LogP contribution is -2.32. The first kappa shape index (κ1) is 19.9. The van der Waals surface area contributed by atoms with Crippen LogP contribution in [0.5, 0.6) is 0 Å². The van der Waals surface area contributed by atoms with Crippen molar-refractivity contribution < 1.29 is 9.53 Å². The maximum atomic E-state index is 11.8. The van der Waals surface area contributed by atoms with Gasteiger partial charge in [0.2, 0.25) is 0 Å². The average molecular weight is 441 g/mol. The van der Waals surface area contributed by atoms with Gasteiger partial charge in [-0.2, -0.15) is 10.2 Å². The zero-order valence-electron chi connectivity index (χ0n) is 18.4. The highest BCUT2D eigenvalue weighted by Crippen LogP contribution is 2.27. The molecule has 0 radical (unpaired) electrons. The molecule has 166 valence electrons. The Morgan fingerprint density at radius 3 is 2.73 bits per heavy atom. The fourth-order valence-corrected chi connectivity index (χ4v) is 4.84. The highest BCUT2D eigenvalue weighted by molar-refractivity contribution is 5.93. The number of hydrogen-bond donors (Lipinski definition) is 0.